The number of hydrogen-bond donors (Lipinski definition) is 2. The Labute approximate surface area is 179 Å². The number of aryl methyl sites for hydroxylation is 1. The molecule has 2 N–H and O–H groups in total. The minimum Gasteiger partial charge on any atom is -0.446 e. The van der Waals surface area contributed by atoms with Crippen molar-refractivity contribution in [2.45, 2.75) is 76.6 Å². The number of halogens is 1. The molecule has 1 heterocycles. The van der Waals surface area contributed by atoms with Crippen LogP contribution in [0.15, 0.2) is 18.2 Å². The van der Waals surface area contributed by atoms with Crippen LogP contribution in [0.2, 0.25) is 0 Å². The second-order valence-electron chi connectivity index (χ2n) is 9.07. The Hall–Kier alpha value is -1.78. The van der Waals surface area contributed by atoms with Crippen molar-refractivity contribution < 1.29 is 14.7 Å². The fourth-order valence-corrected chi connectivity index (χ4v) is 4.63. The van der Waals surface area contributed by atoms with Crippen LogP contribution in [0.25, 0.3) is 0 Å². The van der Waals surface area contributed by atoms with Crippen LogP contribution in [0.3, 0.4) is 0 Å². The highest BCUT2D eigenvalue weighted by atomic mass is 35.5. The molecule has 1 aliphatic carbocycles. The Morgan fingerprint density at radius 3 is 2.55 bits per heavy atom. The van der Waals surface area contributed by atoms with Crippen molar-refractivity contribution in [3.63, 3.8) is 0 Å². The third-order valence-corrected chi connectivity index (χ3v) is 5.75. The molecule has 7 heteroatoms. The van der Waals surface area contributed by atoms with Crippen LogP contribution < -0.4 is 10.6 Å². The average Bonchev–Trinajstić information content (AvgIpc) is 2.99. The number of nitrogens with zero attached hydrogens (tertiary/aromatic N) is 1. The predicted molar refractivity (Wildman–Crippen MR) is 115 cm³/mol. The van der Waals surface area contributed by atoms with Gasteiger partial charge in [0.25, 0.3) is 0 Å². The molecule has 0 saturated carbocycles. The highest BCUT2D eigenvalue weighted by Crippen LogP contribution is 2.38. The van der Waals surface area contributed by atoms with E-state index in [1.54, 1.807) is 0 Å². The molecule has 1 fully saturated rings. The first-order valence-corrected chi connectivity index (χ1v) is 9.87. The smallest absolute Gasteiger partial charge is 0.411 e. The summed E-state index contributed by atoms with van der Waals surface area (Å²) in [5.74, 6) is 2.61. The number of rotatable bonds is 4. The molecular formula is C22H31ClN3O3. The van der Waals surface area contributed by atoms with E-state index in [4.69, 9.17) is 11.2 Å². The van der Waals surface area contributed by atoms with Crippen LogP contribution in [-0.2, 0) is 16.4 Å². The average molecular weight is 421 g/mol. The van der Waals surface area contributed by atoms with Crippen LogP contribution in [0.4, 0.5) is 10.5 Å². The number of piperidine rings is 1. The molecule has 1 amide bonds. The van der Waals surface area contributed by atoms with E-state index in [2.05, 4.69) is 16.6 Å². The standard InChI is InChI=1S/C22H30N3O3.ClH/c1-6-11-23-19-10-8-15-7-9-16(12-18(15)19)24-20(26)28-17-13-21(2,3)25(27)22(4,5)14-17;/h1,7,9,12,17,19,23H,8,10-11,13-14H2,2-5H3,(H,24,26);1H. The number of nitrogens with one attached hydrogen (secondary N) is 2. The van der Waals surface area contributed by atoms with Gasteiger partial charge in [-0.1, -0.05) is 12.0 Å². The summed E-state index contributed by atoms with van der Waals surface area (Å²) < 4.78 is 5.67. The van der Waals surface area contributed by atoms with Gasteiger partial charge in [0.2, 0.25) is 0 Å². The van der Waals surface area contributed by atoms with Crippen LogP contribution in [-0.4, -0.2) is 34.9 Å². The van der Waals surface area contributed by atoms with Crippen LogP contribution >= 0.6 is 12.4 Å². The first-order chi connectivity index (χ1) is 13.1. The van der Waals surface area contributed by atoms with E-state index >= 15 is 0 Å². The topological polar surface area (TPSA) is 73.5 Å². The lowest BCUT2D eigenvalue weighted by atomic mass is 9.80. The number of fused-ring (bicyclic) bond motifs is 1. The summed E-state index contributed by atoms with van der Waals surface area (Å²) in [6.45, 7) is 8.07. The second kappa shape index (κ2) is 8.93. The molecule has 1 aliphatic heterocycles. The first kappa shape index (κ1) is 23.5. The molecule has 1 radical (unpaired) electrons. The van der Waals surface area contributed by atoms with Crippen LogP contribution in [0.1, 0.15) is 64.1 Å². The quantitative estimate of drug-likeness (QED) is 0.714. The third-order valence-electron chi connectivity index (χ3n) is 5.75. The number of carbonyl (C=O) groups is 1. The number of benzene rings is 1. The lowest BCUT2D eigenvalue weighted by Gasteiger charge is -2.49. The van der Waals surface area contributed by atoms with Crippen molar-refractivity contribution in [3.8, 4) is 12.3 Å². The fourth-order valence-electron chi connectivity index (χ4n) is 4.63. The van der Waals surface area contributed by atoms with E-state index in [9.17, 15) is 10.0 Å². The van der Waals surface area contributed by atoms with Gasteiger partial charge in [0, 0.05) is 35.6 Å². The van der Waals surface area contributed by atoms with Gasteiger partial charge in [-0.2, -0.15) is 0 Å². The fraction of sp³-hybridized carbons (Fsp3) is 0.591. The summed E-state index contributed by atoms with van der Waals surface area (Å²) in [6, 6.07) is 6.15. The number of carbonyl (C=O) groups excluding carboxylic acids is 1. The maximum Gasteiger partial charge on any atom is 0.411 e. The van der Waals surface area contributed by atoms with E-state index in [-0.39, 0.29) is 24.6 Å². The molecule has 1 atom stereocenters. The normalized spacial score (nSPS) is 22.8. The lowest BCUT2D eigenvalue weighted by molar-refractivity contribution is -0.297. The number of anilines is 1. The van der Waals surface area contributed by atoms with E-state index < -0.39 is 17.2 Å². The van der Waals surface area contributed by atoms with Crippen molar-refractivity contribution in [1.82, 2.24) is 10.4 Å². The van der Waals surface area contributed by atoms with Gasteiger partial charge in [0.05, 0.1) is 6.54 Å². The zero-order chi connectivity index (χ0) is 20.5. The zero-order valence-corrected chi connectivity index (χ0v) is 18.4. The molecule has 29 heavy (non-hydrogen) atoms. The Balaban J connectivity index is 0.00000300. The molecule has 2 aliphatic rings. The van der Waals surface area contributed by atoms with E-state index in [1.807, 2.05) is 45.9 Å². The number of amides is 1. The second-order valence-corrected chi connectivity index (χ2v) is 9.07. The van der Waals surface area contributed by atoms with Crippen LogP contribution in [0, 0.1) is 12.3 Å². The molecule has 1 aromatic rings. The Morgan fingerprint density at radius 1 is 1.28 bits per heavy atom. The summed E-state index contributed by atoms with van der Waals surface area (Å²) in [5, 5.41) is 19.8. The number of terminal acetylenes is 1. The third kappa shape index (κ3) is 5.23. The van der Waals surface area contributed by atoms with Crippen molar-refractivity contribution in [1.29, 1.82) is 0 Å². The molecule has 0 aromatic heterocycles. The molecule has 0 bridgehead atoms. The van der Waals surface area contributed by atoms with Gasteiger partial charge in [0.1, 0.15) is 6.10 Å². The van der Waals surface area contributed by atoms with Gasteiger partial charge in [-0.25, -0.2) is 4.79 Å². The molecule has 1 unspecified atom stereocenters. The van der Waals surface area contributed by atoms with Crippen LogP contribution in [0.5, 0.6) is 0 Å². The SMILES string of the molecule is C#CCNC1CCc2ccc(NC(=O)OC3CC(C)(C)N([O])C(C)(C)C3)cc21.Cl. The van der Waals surface area contributed by atoms with Gasteiger partial charge in [-0.3, -0.25) is 10.6 Å². The summed E-state index contributed by atoms with van der Waals surface area (Å²) >= 11 is 0. The Bertz CT molecular complexity index is 770. The summed E-state index contributed by atoms with van der Waals surface area (Å²) in [5.41, 5.74) is 2.01. The maximum atomic E-state index is 12.5. The van der Waals surface area contributed by atoms with Gasteiger partial charge in [-0.15, -0.1) is 29.1 Å². The van der Waals surface area contributed by atoms with Gasteiger partial charge >= 0.3 is 6.09 Å². The number of ether oxygens (including phenoxy) is 1. The minimum absolute atomic E-state index is 0. The summed E-state index contributed by atoms with van der Waals surface area (Å²) in [4.78, 5) is 12.5. The van der Waals surface area contributed by atoms with Gasteiger partial charge in [-0.05, 0) is 63.8 Å². The molecule has 3 rings (SSSR count). The van der Waals surface area contributed by atoms with Gasteiger partial charge < -0.3 is 4.74 Å². The minimum atomic E-state index is -0.573. The molecule has 159 valence electrons. The monoisotopic (exact) mass is 420 g/mol. The van der Waals surface area contributed by atoms with E-state index in [0.717, 1.165) is 17.9 Å². The first-order valence-electron chi connectivity index (χ1n) is 9.87. The number of hydrogen-bond acceptors (Lipinski definition) is 4. The van der Waals surface area contributed by atoms with Crippen molar-refractivity contribution in [3.05, 3.63) is 29.3 Å². The summed E-state index contributed by atoms with van der Waals surface area (Å²) in [7, 11) is 0. The van der Waals surface area contributed by atoms with Crippen molar-refractivity contribution >= 4 is 24.2 Å². The Morgan fingerprint density at radius 2 is 1.93 bits per heavy atom. The predicted octanol–water partition coefficient (Wildman–Crippen LogP) is 4.23. The summed E-state index contributed by atoms with van der Waals surface area (Å²) in [6.07, 6.45) is 7.59. The van der Waals surface area contributed by atoms with Crippen molar-refractivity contribution in [2.24, 2.45) is 0 Å². The van der Waals surface area contributed by atoms with Gasteiger partial charge in [0.15, 0.2) is 0 Å². The highest BCUT2D eigenvalue weighted by molar-refractivity contribution is 5.85. The molecular weight excluding hydrogens is 390 g/mol. The molecule has 0 spiro atoms. The molecule has 1 saturated heterocycles. The Kier molecular flexibility index (Phi) is 7.23. The zero-order valence-electron chi connectivity index (χ0n) is 17.6. The molecule has 6 nitrogen and oxygen atoms in total. The number of hydroxylamine groups is 2. The largest absolute Gasteiger partial charge is 0.446 e. The maximum absolute atomic E-state index is 12.5. The van der Waals surface area contributed by atoms with E-state index in [1.165, 1.54) is 11.1 Å². The van der Waals surface area contributed by atoms with E-state index in [0.29, 0.717) is 25.1 Å². The molecule has 1 aromatic carbocycles. The van der Waals surface area contributed by atoms with Crippen molar-refractivity contribution in [2.75, 3.05) is 11.9 Å². The lowest BCUT2D eigenvalue weighted by Crippen LogP contribution is -2.60. The highest BCUT2D eigenvalue weighted by Gasteiger charge is 2.47.